The van der Waals surface area contributed by atoms with Crippen molar-refractivity contribution in [3.05, 3.63) is 110 Å². The number of unbranched alkanes of at least 4 members (excludes halogenated alkanes) is 6. The molecule has 2 aliphatic heterocycles. The number of rotatable bonds is 21. The summed E-state index contributed by atoms with van der Waals surface area (Å²) in [6, 6.07) is 18.0. The van der Waals surface area contributed by atoms with Gasteiger partial charge in [-0.25, -0.2) is 0 Å². The summed E-state index contributed by atoms with van der Waals surface area (Å²) in [5.41, 5.74) is 6.42. The van der Waals surface area contributed by atoms with Crippen molar-refractivity contribution in [1.82, 2.24) is 5.32 Å². The van der Waals surface area contributed by atoms with Crippen LogP contribution < -0.4 is 29.6 Å². The molecule has 0 aliphatic carbocycles. The summed E-state index contributed by atoms with van der Waals surface area (Å²) in [4.78, 5) is 18.5. The molecule has 310 valence electrons. The van der Waals surface area contributed by atoms with Crippen LogP contribution in [0.25, 0.3) is 0 Å². The van der Waals surface area contributed by atoms with Crippen molar-refractivity contribution < 1.29 is 49.0 Å². The van der Waals surface area contributed by atoms with Gasteiger partial charge in [0.2, 0.25) is 5.75 Å². The standard InChI is InChI=1S/C44H52ClN3O10/c1-54-40-19-29(39-22-37(48-58-39)28-17-30(23-49)35(26-52)31(18-28)24-50)20-41(55-2)42(40)57-15-9-7-5-3-4-6-8-14-56-38-13-10-27(16-32(38)25-51)43-46-36-12-11-33(45)21-34(36)44(53)47-43/h10-13,16-21,39,43,46,49-52H,3-9,14-15,22-26H2,1-2H3,(H,47,53). The highest BCUT2D eigenvalue weighted by atomic mass is 35.5. The first-order valence-corrected chi connectivity index (χ1v) is 20.0. The third-order valence-corrected chi connectivity index (χ3v) is 10.7. The molecule has 13 nitrogen and oxygen atoms in total. The predicted octanol–water partition coefficient (Wildman–Crippen LogP) is 7.23. The number of nitrogens with zero attached hydrogens (tertiary/aromatic N) is 1. The summed E-state index contributed by atoms with van der Waals surface area (Å²) in [7, 11) is 3.16. The fourth-order valence-electron chi connectivity index (χ4n) is 7.29. The number of aliphatic hydroxyl groups is 4. The number of oxime groups is 1. The largest absolute Gasteiger partial charge is 0.493 e. The first kappa shape index (κ1) is 42.6. The number of fused-ring (bicyclic) bond motifs is 1. The lowest BCUT2D eigenvalue weighted by molar-refractivity contribution is 0.0852. The molecule has 0 bridgehead atoms. The normalized spacial score (nSPS) is 15.8. The number of anilines is 1. The van der Waals surface area contributed by atoms with Crippen molar-refractivity contribution in [2.45, 2.75) is 90.1 Å². The molecule has 4 aromatic carbocycles. The van der Waals surface area contributed by atoms with Crippen LogP contribution in [0.5, 0.6) is 23.0 Å². The highest BCUT2D eigenvalue weighted by Gasteiger charge is 2.28. The van der Waals surface area contributed by atoms with Crippen LogP contribution in [0.4, 0.5) is 5.69 Å². The number of amides is 1. The van der Waals surface area contributed by atoms with Gasteiger partial charge < -0.3 is 54.8 Å². The van der Waals surface area contributed by atoms with Gasteiger partial charge in [-0.05, 0) is 89.7 Å². The number of halogens is 1. The van der Waals surface area contributed by atoms with Crippen LogP contribution in [-0.4, -0.2) is 59.5 Å². The zero-order chi connectivity index (χ0) is 41.0. The number of hydrogen-bond acceptors (Lipinski definition) is 12. The minimum absolute atomic E-state index is 0.179. The average Bonchev–Trinajstić information content (AvgIpc) is 3.75. The number of aliphatic hydroxyl groups excluding tert-OH is 4. The Morgan fingerprint density at radius 2 is 1.34 bits per heavy atom. The molecule has 4 aromatic rings. The number of methoxy groups -OCH3 is 2. The van der Waals surface area contributed by atoms with E-state index in [1.54, 1.807) is 44.6 Å². The number of benzene rings is 4. The lowest BCUT2D eigenvalue weighted by atomic mass is 9.93. The summed E-state index contributed by atoms with van der Waals surface area (Å²) in [6.07, 6.45) is 6.70. The molecule has 2 unspecified atom stereocenters. The number of nitrogens with one attached hydrogen (secondary N) is 2. The second-order valence-corrected chi connectivity index (χ2v) is 14.7. The van der Waals surface area contributed by atoms with E-state index in [-0.39, 0.29) is 32.3 Å². The Morgan fingerprint density at radius 1 is 0.707 bits per heavy atom. The first-order chi connectivity index (χ1) is 28.3. The Bertz CT molecular complexity index is 2030. The molecular formula is C44H52ClN3O10. The minimum Gasteiger partial charge on any atom is -0.493 e. The van der Waals surface area contributed by atoms with E-state index >= 15 is 0 Å². The topological polar surface area (TPSA) is 181 Å². The second kappa shape index (κ2) is 20.6. The summed E-state index contributed by atoms with van der Waals surface area (Å²) >= 11 is 6.06. The number of carbonyl (C=O) groups excluding carboxylic acids is 1. The Morgan fingerprint density at radius 3 is 1.97 bits per heavy atom. The van der Waals surface area contributed by atoms with E-state index in [2.05, 4.69) is 15.8 Å². The molecule has 0 radical (unpaired) electrons. The molecule has 58 heavy (non-hydrogen) atoms. The average molecular weight is 818 g/mol. The van der Waals surface area contributed by atoms with E-state index in [9.17, 15) is 25.2 Å². The fraction of sp³-hybridized carbons (Fsp3) is 0.409. The van der Waals surface area contributed by atoms with Gasteiger partial charge in [0.05, 0.1) is 65.1 Å². The molecule has 0 spiro atoms. The van der Waals surface area contributed by atoms with Crippen molar-refractivity contribution in [1.29, 1.82) is 0 Å². The Balaban J connectivity index is 0.895. The van der Waals surface area contributed by atoms with Crippen molar-refractivity contribution in [2.75, 3.05) is 32.8 Å². The van der Waals surface area contributed by atoms with Gasteiger partial charge in [0.25, 0.3) is 5.91 Å². The van der Waals surface area contributed by atoms with E-state index in [0.717, 1.165) is 56.1 Å². The van der Waals surface area contributed by atoms with Gasteiger partial charge in [-0.2, -0.15) is 0 Å². The zero-order valence-electron chi connectivity index (χ0n) is 32.9. The van der Waals surface area contributed by atoms with Gasteiger partial charge in [-0.3, -0.25) is 4.79 Å². The van der Waals surface area contributed by atoms with Crippen LogP contribution in [0.1, 0.15) is 113 Å². The van der Waals surface area contributed by atoms with Crippen molar-refractivity contribution in [3.8, 4) is 23.0 Å². The SMILES string of the molecule is COc1cc(C2CC(c3cc(CO)c(CO)c(CO)c3)=NO2)cc(OC)c1OCCCCCCCCCOc1ccc(C2NC(=O)c3cc(Cl)ccc3N2)cc1CO. The van der Waals surface area contributed by atoms with Crippen molar-refractivity contribution in [2.24, 2.45) is 5.16 Å². The third kappa shape index (κ3) is 10.1. The predicted molar refractivity (Wildman–Crippen MR) is 220 cm³/mol. The van der Waals surface area contributed by atoms with Gasteiger partial charge >= 0.3 is 0 Å². The molecule has 6 rings (SSSR count). The van der Waals surface area contributed by atoms with Crippen LogP contribution in [-0.2, 0) is 31.3 Å². The van der Waals surface area contributed by atoms with E-state index in [0.29, 0.717) is 92.4 Å². The zero-order valence-corrected chi connectivity index (χ0v) is 33.6. The molecule has 0 aromatic heterocycles. The molecule has 1 amide bonds. The summed E-state index contributed by atoms with van der Waals surface area (Å²) in [6.45, 7) is 0.0476. The minimum atomic E-state index is -0.441. The number of carbonyl (C=O) groups is 1. The van der Waals surface area contributed by atoms with Crippen LogP contribution in [0, 0.1) is 0 Å². The van der Waals surface area contributed by atoms with Crippen molar-refractivity contribution in [3.63, 3.8) is 0 Å². The van der Waals surface area contributed by atoms with Crippen LogP contribution >= 0.6 is 11.6 Å². The van der Waals surface area contributed by atoms with E-state index in [1.165, 1.54) is 0 Å². The van der Waals surface area contributed by atoms with E-state index < -0.39 is 12.3 Å². The lowest BCUT2D eigenvalue weighted by Gasteiger charge is -2.28. The quantitative estimate of drug-likeness (QED) is 0.0467. The summed E-state index contributed by atoms with van der Waals surface area (Å²) < 4.78 is 23.6. The maximum atomic E-state index is 12.7. The Kier molecular flexibility index (Phi) is 15.1. The maximum Gasteiger partial charge on any atom is 0.255 e. The highest BCUT2D eigenvalue weighted by Crippen LogP contribution is 2.43. The molecule has 0 saturated heterocycles. The first-order valence-electron chi connectivity index (χ1n) is 19.6. The highest BCUT2D eigenvalue weighted by molar-refractivity contribution is 6.31. The number of hydrogen-bond donors (Lipinski definition) is 6. The van der Waals surface area contributed by atoms with Crippen LogP contribution in [0.2, 0.25) is 5.02 Å². The Labute approximate surface area is 343 Å². The third-order valence-electron chi connectivity index (χ3n) is 10.5. The van der Waals surface area contributed by atoms with Gasteiger partial charge in [0.15, 0.2) is 17.6 Å². The smallest absolute Gasteiger partial charge is 0.255 e. The van der Waals surface area contributed by atoms with Gasteiger partial charge in [-0.15, -0.1) is 0 Å². The molecular weight excluding hydrogens is 766 g/mol. The molecule has 2 aliphatic rings. The molecule has 0 fully saturated rings. The molecule has 6 N–H and O–H groups in total. The molecule has 2 heterocycles. The second-order valence-electron chi connectivity index (χ2n) is 14.3. The van der Waals surface area contributed by atoms with Crippen LogP contribution in [0.3, 0.4) is 0 Å². The van der Waals surface area contributed by atoms with Gasteiger partial charge in [-0.1, -0.05) is 54.9 Å². The number of ether oxygens (including phenoxy) is 4. The molecule has 2 atom stereocenters. The summed E-state index contributed by atoms with van der Waals surface area (Å²) in [5.74, 6) is 2.01. The Hall–Kier alpha value is -5.05. The maximum absolute atomic E-state index is 12.7. The summed E-state index contributed by atoms with van der Waals surface area (Å²) in [5, 5.41) is 50.5. The van der Waals surface area contributed by atoms with E-state index in [4.69, 9.17) is 35.4 Å². The van der Waals surface area contributed by atoms with Gasteiger partial charge in [0.1, 0.15) is 11.9 Å². The van der Waals surface area contributed by atoms with Gasteiger partial charge in [0, 0.05) is 33.8 Å². The lowest BCUT2D eigenvalue weighted by Crippen LogP contribution is -2.38. The van der Waals surface area contributed by atoms with Crippen molar-refractivity contribution >= 4 is 28.9 Å². The molecule has 14 heteroatoms. The van der Waals surface area contributed by atoms with E-state index in [1.807, 2.05) is 30.3 Å². The van der Waals surface area contributed by atoms with Crippen LogP contribution in [0.15, 0.2) is 65.8 Å². The fourth-order valence-corrected chi connectivity index (χ4v) is 7.46. The monoisotopic (exact) mass is 817 g/mol. The molecule has 0 saturated carbocycles.